The monoisotopic (exact) mass is 258 g/mol. The Morgan fingerprint density at radius 1 is 1.11 bits per heavy atom. The molecular formula is C14H30N2O2. The van der Waals surface area contributed by atoms with Crippen LogP contribution in [-0.4, -0.2) is 59.1 Å². The van der Waals surface area contributed by atoms with E-state index in [1.54, 1.807) is 0 Å². The van der Waals surface area contributed by atoms with Crippen molar-refractivity contribution < 1.29 is 9.90 Å². The maximum atomic E-state index is 11.8. The van der Waals surface area contributed by atoms with Crippen LogP contribution in [0.15, 0.2) is 0 Å². The Labute approximate surface area is 112 Å². The average Bonchev–Trinajstić information content (AvgIpc) is 2.27. The van der Waals surface area contributed by atoms with Gasteiger partial charge >= 0.3 is 0 Å². The largest absolute Gasteiger partial charge is 0.389 e. The lowest BCUT2D eigenvalue weighted by atomic mass is 10.1. The third-order valence-corrected chi connectivity index (χ3v) is 3.04. The predicted octanol–water partition coefficient (Wildman–Crippen LogP) is 1.73. The molecule has 1 amide bonds. The summed E-state index contributed by atoms with van der Waals surface area (Å²) >= 11 is 0. The van der Waals surface area contributed by atoms with Gasteiger partial charge in [0, 0.05) is 26.1 Å². The molecule has 0 heterocycles. The van der Waals surface area contributed by atoms with Gasteiger partial charge in [-0.2, -0.15) is 0 Å². The van der Waals surface area contributed by atoms with Gasteiger partial charge in [0.25, 0.3) is 0 Å². The van der Waals surface area contributed by atoms with E-state index in [4.69, 9.17) is 0 Å². The van der Waals surface area contributed by atoms with E-state index in [1.165, 1.54) is 0 Å². The van der Waals surface area contributed by atoms with Crippen molar-refractivity contribution in [3.63, 3.8) is 0 Å². The summed E-state index contributed by atoms with van der Waals surface area (Å²) in [6, 6.07) is 0. The Hall–Kier alpha value is -0.610. The number of amides is 1. The van der Waals surface area contributed by atoms with Crippen molar-refractivity contribution in [2.45, 2.75) is 53.1 Å². The molecule has 0 radical (unpaired) electrons. The number of likely N-dealkylation sites (N-methyl/N-ethyl adjacent to an activating group) is 1. The van der Waals surface area contributed by atoms with E-state index in [2.05, 4.69) is 11.8 Å². The number of carbonyl (C=O) groups is 1. The zero-order valence-electron chi connectivity index (χ0n) is 12.7. The fraction of sp³-hybridized carbons (Fsp3) is 0.929. The molecule has 4 nitrogen and oxygen atoms in total. The molecule has 0 rings (SSSR count). The first-order chi connectivity index (χ1) is 8.34. The minimum atomic E-state index is -0.668. The lowest BCUT2D eigenvalue weighted by Crippen LogP contribution is -2.39. The maximum absolute atomic E-state index is 11.8. The van der Waals surface area contributed by atoms with Crippen LogP contribution in [0.1, 0.15) is 47.5 Å². The third kappa shape index (κ3) is 7.67. The zero-order chi connectivity index (χ0) is 14.2. The summed E-state index contributed by atoms with van der Waals surface area (Å²) in [4.78, 5) is 15.9. The number of nitrogens with zero attached hydrogens (tertiary/aromatic N) is 2. The molecule has 0 aliphatic carbocycles. The Morgan fingerprint density at radius 2 is 1.67 bits per heavy atom. The molecule has 4 heteroatoms. The molecule has 0 bridgehead atoms. The summed E-state index contributed by atoms with van der Waals surface area (Å²) in [5, 5.41) is 9.78. The molecule has 0 aliphatic heterocycles. The molecule has 1 N–H and O–H groups in total. The van der Waals surface area contributed by atoms with Crippen molar-refractivity contribution in [1.29, 1.82) is 0 Å². The second-order valence-corrected chi connectivity index (χ2v) is 5.35. The van der Waals surface area contributed by atoms with Crippen LogP contribution in [0.2, 0.25) is 0 Å². The van der Waals surface area contributed by atoms with E-state index >= 15 is 0 Å². The van der Waals surface area contributed by atoms with E-state index < -0.39 is 5.60 Å². The van der Waals surface area contributed by atoms with Gasteiger partial charge in [-0.1, -0.05) is 6.92 Å². The highest BCUT2D eigenvalue weighted by Crippen LogP contribution is 2.06. The standard InChI is InChI=1S/C14H30N2O2/c1-6-15(12-14(4,5)18)11-9-10-13(17)16(7-2)8-3/h18H,6-12H2,1-5H3. The molecule has 0 aromatic carbocycles. The molecule has 0 spiro atoms. The predicted molar refractivity (Wildman–Crippen MR) is 75.6 cm³/mol. The third-order valence-electron chi connectivity index (χ3n) is 3.04. The van der Waals surface area contributed by atoms with E-state index in [-0.39, 0.29) is 5.91 Å². The zero-order valence-corrected chi connectivity index (χ0v) is 12.7. The van der Waals surface area contributed by atoms with Crippen LogP contribution in [0.25, 0.3) is 0 Å². The second kappa shape index (κ2) is 8.48. The minimum Gasteiger partial charge on any atom is -0.389 e. The van der Waals surface area contributed by atoms with Gasteiger partial charge in [-0.3, -0.25) is 4.79 Å². The van der Waals surface area contributed by atoms with Crippen molar-refractivity contribution in [2.75, 3.05) is 32.7 Å². The van der Waals surface area contributed by atoms with Gasteiger partial charge in [-0.25, -0.2) is 0 Å². The molecule has 0 aromatic rings. The molecule has 0 saturated heterocycles. The van der Waals surface area contributed by atoms with Crippen LogP contribution in [0.4, 0.5) is 0 Å². The molecule has 0 saturated carbocycles. The van der Waals surface area contributed by atoms with Crippen molar-refractivity contribution in [3.05, 3.63) is 0 Å². The fourth-order valence-electron chi connectivity index (χ4n) is 2.08. The van der Waals surface area contributed by atoms with Gasteiger partial charge in [-0.05, 0) is 47.2 Å². The second-order valence-electron chi connectivity index (χ2n) is 5.35. The van der Waals surface area contributed by atoms with Crippen LogP contribution in [0.5, 0.6) is 0 Å². The SMILES string of the molecule is CCN(CCCC(=O)N(CC)CC)CC(C)(C)O. The quantitative estimate of drug-likeness (QED) is 0.685. The van der Waals surface area contributed by atoms with Crippen molar-refractivity contribution in [3.8, 4) is 0 Å². The normalized spacial score (nSPS) is 11.9. The molecule has 18 heavy (non-hydrogen) atoms. The van der Waals surface area contributed by atoms with Crippen LogP contribution >= 0.6 is 0 Å². The molecule has 0 aromatic heterocycles. The summed E-state index contributed by atoms with van der Waals surface area (Å²) in [5.41, 5.74) is -0.668. The number of hydrogen-bond donors (Lipinski definition) is 1. The molecule has 0 unspecified atom stereocenters. The van der Waals surface area contributed by atoms with Crippen molar-refractivity contribution in [1.82, 2.24) is 9.80 Å². The van der Waals surface area contributed by atoms with Gasteiger partial charge in [0.05, 0.1) is 5.60 Å². The van der Waals surface area contributed by atoms with Crippen LogP contribution in [0, 0.1) is 0 Å². The number of hydrogen-bond acceptors (Lipinski definition) is 3. The molecule has 0 fully saturated rings. The molecule has 0 aliphatic rings. The summed E-state index contributed by atoms with van der Waals surface area (Å²) in [6.07, 6.45) is 1.46. The summed E-state index contributed by atoms with van der Waals surface area (Å²) in [7, 11) is 0. The molecule has 108 valence electrons. The smallest absolute Gasteiger partial charge is 0.222 e. The molecule has 0 atom stereocenters. The lowest BCUT2D eigenvalue weighted by Gasteiger charge is -2.28. The summed E-state index contributed by atoms with van der Waals surface area (Å²) < 4.78 is 0. The summed E-state index contributed by atoms with van der Waals surface area (Å²) in [6.45, 7) is 13.7. The topological polar surface area (TPSA) is 43.8 Å². The highest BCUT2D eigenvalue weighted by Gasteiger charge is 2.17. The lowest BCUT2D eigenvalue weighted by molar-refractivity contribution is -0.131. The first-order valence-electron chi connectivity index (χ1n) is 7.06. The van der Waals surface area contributed by atoms with E-state index in [1.807, 2.05) is 32.6 Å². The van der Waals surface area contributed by atoms with Crippen molar-refractivity contribution >= 4 is 5.91 Å². The average molecular weight is 258 g/mol. The van der Waals surface area contributed by atoms with E-state index in [9.17, 15) is 9.90 Å². The highest BCUT2D eigenvalue weighted by atomic mass is 16.3. The maximum Gasteiger partial charge on any atom is 0.222 e. The summed E-state index contributed by atoms with van der Waals surface area (Å²) in [5.74, 6) is 0.235. The van der Waals surface area contributed by atoms with Crippen molar-refractivity contribution in [2.24, 2.45) is 0 Å². The van der Waals surface area contributed by atoms with E-state index in [0.717, 1.165) is 32.6 Å². The van der Waals surface area contributed by atoms with Gasteiger partial charge in [0.1, 0.15) is 0 Å². The Bertz CT molecular complexity index is 232. The minimum absolute atomic E-state index is 0.235. The first-order valence-corrected chi connectivity index (χ1v) is 7.06. The van der Waals surface area contributed by atoms with Crippen LogP contribution in [-0.2, 0) is 4.79 Å². The highest BCUT2D eigenvalue weighted by molar-refractivity contribution is 5.76. The number of rotatable bonds is 9. The van der Waals surface area contributed by atoms with Gasteiger partial charge in [0.2, 0.25) is 5.91 Å². The number of carbonyl (C=O) groups excluding carboxylic acids is 1. The fourth-order valence-corrected chi connectivity index (χ4v) is 2.08. The van der Waals surface area contributed by atoms with E-state index in [0.29, 0.717) is 13.0 Å². The first kappa shape index (κ1) is 17.4. The van der Waals surface area contributed by atoms with Gasteiger partial charge < -0.3 is 14.9 Å². The van der Waals surface area contributed by atoms with Gasteiger partial charge in [0.15, 0.2) is 0 Å². The van der Waals surface area contributed by atoms with Gasteiger partial charge in [-0.15, -0.1) is 0 Å². The Balaban J connectivity index is 3.97. The van der Waals surface area contributed by atoms with Crippen LogP contribution in [0.3, 0.4) is 0 Å². The Kier molecular flexibility index (Phi) is 8.20. The Morgan fingerprint density at radius 3 is 2.06 bits per heavy atom. The van der Waals surface area contributed by atoms with Crippen LogP contribution < -0.4 is 0 Å². The molecular weight excluding hydrogens is 228 g/mol. The number of aliphatic hydroxyl groups is 1.